The predicted molar refractivity (Wildman–Crippen MR) is 59.2 cm³/mol. The van der Waals surface area contributed by atoms with E-state index in [1.165, 1.54) is 0 Å². The second-order valence-corrected chi connectivity index (χ2v) is 3.53. The zero-order valence-electron chi connectivity index (χ0n) is 7.90. The highest BCUT2D eigenvalue weighted by Gasteiger charge is 2.02. The van der Waals surface area contributed by atoms with Gasteiger partial charge in [0.25, 0.3) is 0 Å². The number of anilines is 1. The van der Waals surface area contributed by atoms with Gasteiger partial charge < -0.3 is 14.8 Å². The van der Waals surface area contributed by atoms with Gasteiger partial charge in [-0.2, -0.15) is 0 Å². The van der Waals surface area contributed by atoms with Crippen LogP contribution < -0.4 is 5.32 Å². The number of hydrogen-bond acceptors (Lipinski definition) is 3. The van der Waals surface area contributed by atoms with Crippen molar-refractivity contribution in [3.63, 3.8) is 0 Å². The molecule has 1 heterocycles. The van der Waals surface area contributed by atoms with Crippen LogP contribution in [0.3, 0.4) is 0 Å². The second kappa shape index (κ2) is 4.28. The molecule has 15 heavy (non-hydrogen) atoms. The zero-order chi connectivity index (χ0) is 10.7. The Hall–Kier alpha value is -1.61. The van der Waals surface area contributed by atoms with Gasteiger partial charge in [0.2, 0.25) is 0 Å². The molecular formula is C11H10ClNO2. The van der Waals surface area contributed by atoms with E-state index < -0.39 is 0 Å². The van der Waals surface area contributed by atoms with Crippen LogP contribution in [0.15, 0.2) is 41.0 Å². The average Bonchev–Trinajstić information content (AvgIpc) is 2.72. The topological polar surface area (TPSA) is 45.4 Å². The summed E-state index contributed by atoms with van der Waals surface area (Å²) in [6.07, 6.45) is 1.61. The number of phenolic OH excluding ortho intramolecular Hbond substituents is 1. The Kier molecular flexibility index (Phi) is 2.83. The molecule has 0 radical (unpaired) electrons. The number of benzene rings is 1. The van der Waals surface area contributed by atoms with Gasteiger partial charge in [-0.3, -0.25) is 0 Å². The first-order chi connectivity index (χ1) is 7.25. The molecule has 1 aromatic carbocycles. The summed E-state index contributed by atoms with van der Waals surface area (Å²) in [5.41, 5.74) is 0.596. The SMILES string of the molecule is Oc1ccc(Cl)cc1NCc1ccco1. The minimum atomic E-state index is 0.172. The van der Waals surface area contributed by atoms with Gasteiger partial charge in [-0.05, 0) is 30.3 Å². The maximum absolute atomic E-state index is 9.51. The Morgan fingerprint density at radius 2 is 2.20 bits per heavy atom. The summed E-state index contributed by atoms with van der Waals surface area (Å²) in [6, 6.07) is 8.52. The maximum Gasteiger partial charge on any atom is 0.138 e. The Labute approximate surface area is 92.3 Å². The van der Waals surface area contributed by atoms with Gasteiger partial charge in [-0.1, -0.05) is 11.6 Å². The first-order valence-corrected chi connectivity index (χ1v) is 4.88. The minimum Gasteiger partial charge on any atom is -0.506 e. The molecule has 0 saturated heterocycles. The van der Waals surface area contributed by atoms with E-state index >= 15 is 0 Å². The largest absolute Gasteiger partial charge is 0.506 e. The summed E-state index contributed by atoms with van der Waals surface area (Å²) in [5.74, 6) is 0.973. The van der Waals surface area contributed by atoms with E-state index in [2.05, 4.69) is 5.32 Å². The van der Waals surface area contributed by atoms with E-state index in [9.17, 15) is 5.11 Å². The standard InChI is InChI=1S/C11H10ClNO2/c12-8-3-4-11(14)10(6-8)13-7-9-2-1-5-15-9/h1-6,13-14H,7H2. The number of furan rings is 1. The molecule has 2 rings (SSSR count). The maximum atomic E-state index is 9.51. The second-order valence-electron chi connectivity index (χ2n) is 3.09. The van der Waals surface area contributed by atoms with Gasteiger partial charge in [0.05, 0.1) is 18.5 Å². The molecule has 0 aliphatic rings. The normalized spacial score (nSPS) is 10.2. The van der Waals surface area contributed by atoms with Gasteiger partial charge in [0, 0.05) is 5.02 Å². The lowest BCUT2D eigenvalue weighted by Gasteiger charge is -2.06. The van der Waals surface area contributed by atoms with Gasteiger partial charge in [-0.15, -0.1) is 0 Å². The van der Waals surface area contributed by atoms with Crippen LogP contribution in [0.4, 0.5) is 5.69 Å². The first-order valence-electron chi connectivity index (χ1n) is 4.50. The molecule has 78 valence electrons. The van der Waals surface area contributed by atoms with Crippen LogP contribution in [0.25, 0.3) is 0 Å². The third-order valence-corrected chi connectivity index (χ3v) is 2.23. The summed E-state index contributed by atoms with van der Waals surface area (Å²) in [4.78, 5) is 0. The van der Waals surface area contributed by atoms with Crippen molar-refractivity contribution in [3.05, 3.63) is 47.4 Å². The van der Waals surface area contributed by atoms with Crippen molar-refractivity contribution in [2.24, 2.45) is 0 Å². The third kappa shape index (κ3) is 2.44. The summed E-state index contributed by atoms with van der Waals surface area (Å²) in [5, 5.41) is 13.1. The minimum absolute atomic E-state index is 0.172. The molecular weight excluding hydrogens is 214 g/mol. The van der Waals surface area contributed by atoms with Crippen LogP contribution in [0.5, 0.6) is 5.75 Å². The van der Waals surface area contributed by atoms with Crippen molar-refractivity contribution in [2.75, 3.05) is 5.32 Å². The molecule has 0 unspecified atom stereocenters. The highest BCUT2D eigenvalue weighted by Crippen LogP contribution is 2.26. The zero-order valence-corrected chi connectivity index (χ0v) is 8.66. The Morgan fingerprint density at radius 3 is 2.93 bits per heavy atom. The van der Waals surface area contributed by atoms with Crippen molar-refractivity contribution >= 4 is 17.3 Å². The predicted octanol–water partition coefficient (Wildman–Crippen LogP) is 3.25. The highest BCUT2D eigenvalue weighted by atomic mass is 35.5. The van der Waals surface area contributed by atoms with E-state index in [-0.39, 0.29) is 5.75 Å². The van der Waals surface area contributed by atoms with Gasteiger partial charge in [-0.25, -0.2) is 0 Å². The number of aromatic hydroxyl groups is 1. The van der Waals surface area contributed by atoms with Gasteiger partial charge in [0.15, 0.2) is 0 Å². The molecule has 0 aliphatic carbocycles. The Morgan fingerprint density at radius 1 is 1.33 bits per heavy atom. The lowest BCUT2D eigenvalue weighted by Crippen LogP contribution is -1.98. The molecule has 1 aromatic heterocycles. The fourth-order valence-electron chi connectivity index (χ4n) is 1.25. The van der Waals surface area contributed by atoms with Crippen LogP contribution in [0.2, 0.25) is 5.02 Å². The fourth-order valence-corrected chi connectivity index (χ4v) is 1.42. The van der Waals surface area contributed by atoms with E-state index in [1.807, 2.05) is 12.1 Å². The van der Waals surface area contributed by atoms with Crippen molar-refractivity contribution in [2.45, 2.75) is 6.54 Å². The molecule has 0 saturated carbocycles. The monoisotopic (exact) mass is 223 g/mol. The van der Waals surface area contributed by atoms with Crippen molar-refractivity contribution in [1.29, 1.82) is 0 Å². The first kappa shape index (κ1) is 9.93. The average molecular weight is 224 g/mol. The lowest BCUT2D eigenvalue weighted by atomic mass is 10.3. The molecule has 2 N–H and O–H groups in total. The van der Waals surface area contributed by atoms with Crippen LogP contribution in [0, 0.1) is 0 Å². The number of rotatable bonds is 3. The molecule has 2 aromatic rings. The number of hydrogen-bond donors (Lipinski definition) is 2. The Balaban J connectivity index is 2.07. The smallest absolute Gasteiger partial charge is 0.138 e. The summed E-state index contributed by atoms with van der Waals surface area (Å²) in [6.45, 7) is 0.515. The van der Waals surface area contributed by atoms with Crippen LogP contribution in [-0.4, -0.2) is 5.11 Å². The number of nitrogens with one attached hydrogen (secondary N) is 1. The van der Waals surface area contributed by atoms with Crippen molar-refractivity contribution in [1.82, 2.24) is 0 Å². The van der Waals surface area contributed by atoms with Gasteiger partial charge >= 0.3 is 0 Å². The lowest BCUT2D eigenvalue weighted by molar-refractivity contribution is 0.476. The summed E-state index contributed by atoms with van der Waals surface area (Å²) in [7, 11) is 0. The molecule has 0 fully saturated rings. The van der Waals surface area contributed by atoms with Crippen LogP contribution >= 0.6 is 11.6 Å². The van der Waals surface area contributed by atoms with E-state index in [0.29, 0.717) is 17.3 Å². The molecule has 0 aliphatic heterocycles. The molecule has 0 atom stereocenters. The summed E-state index contributed by atoms with van der Waals surface area (Å²) >= 11 is 5.80. The number of halogens is 1. The number of phenols is 1. The van der Waals surface area contributed by atoms with Crippen LogP contribution in [-0.2, 0) is 6.54 Å². The Bertz CT molecular complexity index is 440. The van der Waals surface area contributed by atoms with E-state index in [0.717, 1.165) is 5.76 Å². The molecule has 0 amide bonds. The molecule has 3 nitrogen and oxygen atoms in total. The molecule has 0 bridgehead atoms. The van der Waals surface area contributed by atoms with Crippen molar-refractivity contribution in [3.8, 4) is 5.75 Å². The quantitative estimate of drug-likeness (QED) is 0.786. The van der Waals surface area contributed by atoms with E-state index in [4.69, 9.17) is 16.0 Å². The van der Waals surface area contributed by atoms with Gasteiger partial charge in [0.1, 0.15) is 11.5 Å². The summed E-state index contributed by atoms with van der Waals surface area (Å²) < 4.78 is 5.15. The molecule has 4 heteroatoms. The van der Waals surface area contributed by atoms with E-state index in [1.54, 1.807) is 24.5 Å². The molecule has 0 spiro atoms. The highest BCUT2D eigenvalue weighted by molar-refractivity contribution is 6.30. The van der Waals surface area contributed by atoms with Crippen LogP contribution in [0.1, 0.15) is 5.76 Å². The van der Waals surface area contributed by atoms with Crippen molar-refractivity contribution < 1.29 is 9.52 Å². The third-order valence-electron chi connectivity index (χ3n) is 1.99. The fraction of sp³-hybridized carbons (Fsp3) is 0.0909.